The van der Waals surface area contributed by atoms with E-state index in [2.05, 4.69) is 0 Å². The predicted molar refractivity (Wildman–Crippen MR) is 118 cm³/mol. The first kappa shape index (κ1) is 20.3. The molecule has 2 aromatic carbocycles. The zero-order valence-electron chi connectivity index (χ0n) is 17.1. The number of nitrogens with two attached hydrogens (primary N) is 1. The number of carbonyl (C=O) groups is 1. The Kier molecular flexibility index (Phi) is 5.47. The van der Waals surface area contributed by atoms with Crippen LogP contribution < -0.4 is 16.2 Å². The Morgan fingerprint density at radius 1 is 1.23 bits per heavy atom. The number of carbonyl (C=O) groups excluding carboxylic acids is 1. The predicted octanol–water partition coefficient (Wildman–Crippen LogP) is 2.99. The molecule has 0 saturated carbocycles. The number of ether oxygens (including phenoxy) is 1. The lowest BCUT2D eigenvalue weighted by Gasteiger charge is -2.33. The van der Waals surface area contributed by atoms with E-state index in [1.807, 2.05) is 23.1 Å². The van der Waals surface area contributed by atoms with Crippen molar-refractivity contribution in [3.63, 3.8) is 0 Å². The fraction of sp³-hybridized carbons (Fsp3) is 0.364. The molecular formula is C22H25ClN4O3. The van der Waals surface area contributed by atoms with Crippen LogP contribution in [0.3, 0.4) is 0 Å². The monoisotopic (exact) mass is 428 g/mol. The van der Waals surface area contributed by atoms with Gasteiger partial charge in [-0.25, -0.2) is 4.79 Å². The quantitative estimate of drug-likeness (QED) is 0.647. The summed E-state index contributed by atoms with van der Waals surface area (Å²) in [6.07, 6.45) is 1.93. The number of rotatable bonds is 4. The number of anilines is 1. The zero-order valence-corrected chi connectivity index (χ0v) is 17.9. The Labute approximate surface area is 179 Å². The molecule has 0 radical (unpaired) electrons. The Morgan fingerprint density at radius 3 is 2.80 bits per heavy atom. The van der Waals surface area contributed by atoms with Crippen molar-refractivity contribution in [1.82, 2.24) is 14.0 Å². The number of aryl methyl sites for hydroxylation is 1. The van der Waals surface area contributed by atoms with E-state index in [1.54, 1.807) is 41.5 Å². The third-order valence-corrected chi connectivity index (χ3v) is 5.97. The fourth-order valence-corrected chi connectivity index (χ4v) is 4.50. The average molecular weight is 429 g/mol. The normalized spacial score (nSPS) is 16.8. The van der Waals surface area contributed by atoms with Crippen LogP contribution in [0.5, 0.6) is 5.75 Å². The van der Waals surface area contributed by atoms with Crippen molar-refractivity contribution in [3.8, 4) is 5.75 Å². The van der Waals surface area contributed by atoms with Crippen molar-refractivity contribution < 1.29 is 9.53 Å². The third kappa shape index (κ3) is 3.77. The topological polar surface area (TPSA) is 82.5 Å². The number of piperidine rings is 1. The lowest BCUT2D eigenvalue weighted by atomic mass is 10.0. The lowest BCUT2D eigenvalue weighted by Crippen LogP contribution is -2.43. The molecule has 1 amide bonds. The molecule has 1 atom stereocenters. The molecule has 7 nitrogen and oxygen atoms in total. The van der Waals surface area contributed by atoms with Gasteiger partial charge in [0.1, 0.15) is 5.75 Å². The summed E-state index contributed by atoms with van der Waals surface area (Å²) >= 11 is 6.13. The van der Waals surface area contributed by atoms with Crippen LogP contribution in [0.2, 0.25) is 5.02 Å². The number of methoxy groups -OCH3 is 1. The number of amides is 1. The van der Waals surface area contributed by atoms with E-state index >= 15 is 0 Å². The van der Waals surface area contributed by atoms with Gasteiger partial charge in [0.25, 0.3) is 0 Å². The van der Waals surface area contributed by atoms with Gasteiger partial charge < -0.3 is 15.4 Å². The van der Waals surface area contributed by atoms with Crippen molar-refractivity contribution in [1.29, 1.82) is 0 Å². The van der Waals surface area contributed by atoms with Gasteiger partial charge in [-0.1, -0.05) is 11.6 Å². The van der Waals surface area contributed by atoms with E-state index in [1.165, 1.54) is 0 Å². The number of likely N-dealkylation sites (tertiary alicyclic amines) is 1. The molecule has 1 aliphatic heterocycles. The molecular weight excluding hydrogens is 404 g/mol. The molecule has 1 fully saturated rings. The molecule has 0 bridgehead atoms. The highest BCUT2D eigenvalue weighted by molar-refractivity contribution is 6.30. The molecule has 1 saturated heterocycles. The first-order valence-electron chi connectivity index (χ1n) is 9.95. The summed E-state index contributed by atoms with van der Waals surface area (Å²) in [7, 11) is 3.32. The number of benzene rings is 2. The largest absolute Gasteiger partial charge is 0.497 e. The number of hydrogen-bond acceptors (Lipinski definition) is 4. The molecule has 0 unspecified atom stereocenters. The number of halogens is 1. The second kappa shape index (κ2) is 8.07. The number of fused-ring (bicyclic) bond motifs is 1. The van der Waals surface area contributed by atoms with Crippen LogP contribution in [0, 0.1) is 0 Å². The second-order valence-corrected chi connectivity index (χ2v) is 8.21. The minimum absolute atomic E-state index is 0.0153. The molecule has 0 aliphatic carbocycles. The van der Waals surface area contributed by atoms with Gasteiger partial charge in [-0.15, -0.1) is 0 Å². The van der Waals surface area contributed by atoms with Crippen LogP contribution in [-0.4, -0.2) is 40.1 Å². The van der Waals surface area contributed by atoms with Crippen LogP contribution in [-0.2, 0) is 18.3 Å². The maximum atomic E-state index is 13.0. The van der Waals surface area contributed by atoms with Gasteiger partial charge in [-0.05, 0) is 54.8 Å². The van der Waals surface area contributed by atoms with Crippen LogP contribution in [0.4, 0.5) is 5.69 Å². The van der Waals surface area contributed by atoms with Crippen molar-refractivity contribution in [2.75, 3.05) is 25.9 Å². The molecule has 30 heavy (non-hydrogen) atoms. The van der Waals surface area contributed by atoms with E-state index in [-0.39, 0.29) is 24.1 Å². The first-order valence-corrected chi connectivity index (χ1v) is 10.3. The Morgan fingerprint density at radius 2 is 2.03 bits per heavy atom. The molecule has 8 heteroatoms. The minimum Gasteiger partial charge on any atom is -0.497 e. The molecule has 1 aliphatic rings. The summed E-state index contributed by atoms with van der Waals surface area (Å²) < 4.78 is 8.66. The lowest BCUT2D eigenvalue weighted by molar-refractivity contribution is -0.132. The minimum atomic E-state index is -0.0884. The third-order valence-electron chi connectivity index (χ3n) is 5.75. The Hall–Kier alpha value is -2.93. The molecule has 3 aromatic rings. The highest BCUT2D eigenvalue weighted by Crippen LogP contribution is 2.27. The number of hydrogen-bond donors (Lipinski definition) is 1. The number of aromatic nitrogens is 2. The summed E-state index contributed by atoms with van der Waals surface area (Å²) in [5.41, 5.74) is 8.88. The fourth-order valence-electron chi connectivity index (χ4n) is 4.25. The van der Waals surface area contributed by atoms with E-state index in [0.717, 1.165) is 29.4 Å². The molecule has 2 N–H and O–H groups in total. The van der Waals surface area contributed by atoms with E-state index in [0.29, 0.717) is 29.5 Å². The van der Waals surface area contributed by atoms with Crippen molar-refractivity contribution in [3.05, 3.63) is 57.5 Å². The van der Waals surface area contributed by atoms with Crippen molar-refractivity contribution in [2.24, 2.45) is 7.05 Å². The standard InChI is InChI=1S/C22H25ClN4O3/c1-25-20-12-16(24)5-6-19(20)27(22(25)29)17-4-3-7-26(13-17)21(28)10-14-8-15(23)11-18(9-14)30-2/h5-6,8-9,11-12,17H,3-4,7,10,13,24H2,1-2H3/t17-/m0/s1. The first-order chi connectivity index (χ1) is 14.4. The van der Waals surface area contributed by atoms with Gasteiger partial charge in [0.15, 0.2) is 0 Å². The maximum Gasteiger partial charge on any atom is 0.329 e. The van der Waals surface area contributed by atoms with Gasteiger partial charge in [-0.3, -0.25) is 13.9 Å². The molecule has 158 valence electrons. The van der Waals surface area contributed by atoms with Gasteiger partial charge >= 0.3 is 5.69 Å². The Bertz CT molecular complexity index is 1170. The summed E-state index contributed by atoms with van der Waals surface area (Å²) in [6.45, 7) is 1.18. The summed E-state index contributed by atoms with van der Waals surface area (Å²) in [5.74, 6) is 0.643. The van der Waals surface area contributed by atoms with Crippen molar-refractivity contribution >= 4 is 34.2 Å². The maximum absolute atomic E-state index is 13.0. The number of imidazole rings is 1. The zero-order chi connectivity index (χ0) is 21.4. The highest BCUT2D eigenvalue weighted by atomic mass is 35.5. The molecule has 0 spiro atoms. The van der Waals surface area contributed by atoms with Gasteiger partial charge in [0, 0.05) is 30.8 Å². The second-order valence-electron chi connectivity index (χ2n) is 7.77. The number of nitrogen functional groups attached to an aromatic ring is 1. The van der Waals surface area contributed by atoms with Crippen LogP contribution in [0.15, 0.2) is 41.2 Å². The molecule has 2 heterocycles. The van der Waals surface area contributed by atoms with Crippen LogP contribution >= 0.6 is 11.6 Å². The van der Waals surface area contributed by atoms with E-state index in [4.69, 9.17) is 22.1 Å². The van der Waals surface area contributed by atoms with Crippen LogP contribution in [0.25, 0.3) is 11.0 Å². The summed E-state index contributed by atoms with van der Waals surface area (Å²) in [6, 6.07) is 10.7. The molecule has 4 rings (SSSR count). The van der Waals surface area contributed by atoms with E-state index < -0.39 is 0 Å². The van der Waals surface area contributed by atoms with E-state index in [9.17, 15) is 9.59 Å². The van der Waals surface area contributed by atoms with Crippen molar-refractivity contribution in [2.45, 2.75) is 25.3 Å². The highest BCUT2D eigenvalue weighted by Gasteiger charge is 2.28. The van der Waals surface area contributed by atoms with Gasteiger partial charge in [0.05, 0.1) is 30.6 Å². The number of nitrogens with zero attached hydrogens (tertiary/aromatic N) is 3. The summed E-state index contributed by atoms with van der Waals surface area (Å²) in [5, 5.41) is 0.537. The smallest absolute Gasteiger partial charge is 0.329 e. The Balaban J connectivity index is 1.58. The summed E-state index contributed by atoms with van der Waals surface area (Å²) in [4.78, 5) is 27.8. The van der Waals surface area contributed by atoms with Gasteiger partial charge in [0.2, 0.25) is 5.91 Å². The SMILES string of the molecule is COc1cc(Cl)cc(CC(=O)N2CCC[C@H](n3c(=O)n(C)c4cc(N)ccc43)C2)c1. The average Bonchev–Trinajstić information content (AvgIpc) is 2.97. The molecule has 1 aromatic heterocycles. The van der Waals surface area contributed by atoms with Gasteiger partial charge in [-0.2, -0.15) is 0 Å². The van der Waals surface area contributed by atoms with Crippen LogP contribution in [0.1, 0.15) is 24.4 Å².